The van der Waals surface area contributed by atoms with Gasteiger partial charge in [-0.15, -0.1) is 0 Å². The molecule has 0 saturated carbocycles. The Hall–Kier alpha value is -3.11. The molecule has 4 aromatic rings. The highest BCUT2D eigenvalue weighted by atomic mass is 19.1. The van der Waals surface area contributed by atoms with Gasteiger partial charge in [0.2, 0.25) is 5.82 Å². The molecule has 0 saturated heterocycles. The Bertz CT molecular complexity index is 1290. The Labute approximate surface area is 171 Å². The molecule has 0 radical (unpaired) electrons. The van der Waals surface area contributed by atoms with Gasteiger partial charge in [-0.1, -0.05) is 5.16 Å². The minimum absolute atomic E-state index is 0.169. The van der Waals surface area contributed by atoms with Gasteiger partial charge in [0.05, 0.1) is 23.7 Å². The molecule has 4 rings (SSSR count). The third kappa shape index (κ3) is 3.08. The summed E-state index contributed by atoms with van der Waals surface area (Å²) in [7, 11) is 3.09. The smallest absolute Gasteiger partial charge is 0.278 e. The normalized spacial score (nSPS) is 13.4. The Morgan fingerprint density at radius 2 is 2.03 bits per heavy atom. The molecule has 9 nitrogen and oxygen atoms in total. The van der Waals surface area contributed by atoms with Crippen molar-refractivity contribution in [3.8, 4) is 11.5 Å². The summed E-state index contributed by atoms with van der Waals surface area (Å²) in [6, 6.07) is 3.93. The van der Waals surface area contributed by atoms with Gasteiger partial charge >= 0.3 is 0 Å². The second-order valence-corrected chi connectivity index (χ2v) is 7.56. The van der Waals surface area contributed by atoms with Gasteiger partial charge in [-0.25, -0.2) is 9.37 Å². The molecule has 0 amide bonds. The monoisotopic (exact) mass is 415 g/mol. The van der Waals surface area contributed by atoms with Crippen LogP contribution in [0.2, 0.25) is 0 Å². The first-order valence-corrected chi connectivity index (χ1v) is 9.38. The zero-order valence-corrected chi connectivity index (χ0v) is 17.3. The van der Waals surface area contributed by atoms with Crippen molar-refractivity contribution in [2.24, 2.45) is 0 Å². The van der Waals surface area contributed by atoms with Gasteiger partial charge in [0.25, 0.3) is 11.4 Å². The molecule has 0 aliphatic heterocycles. The van der Waals surface area contributed by atoms with Gasteiger partial charge in [-0.2, -0.15) is 4.98 Å². The summed E-state index contributed by atoms with van der Waals surface area (Å²) in [5, 5.41) is 3.99. The molecular formula is C20H22FN5O4. The summed E-state index contributed by atoms with van der Waals surface area (Å²) < 4.78 is 33.1. The fourth-order valence-electron chi connectivity index (χ4n) is 3.42. The minimum atomic E-state index is -0.793. The van der Waals surface area contributed by atoms with Gasteiger partial charge in [-0.3, -0.25) is 13.8 Å². The molecule has 1 unspecified atom stereocenters. The standard InChI is InChI=1S/C20H22FN5O4/c1-11(9-28-4)26-14-8-12(21)6-7-13(14)25-10-22-15(16(25)18(26)27)17-23-19(30-24-17)20(2,3)29-5/h6-8,10-11H,9H2,1-5H3. The zero-order chi connectivity index (χ0) is 21.6. The van der Waals surface area contributed by atoms with Crippen LogP contribution in [0.25, 0.3) is 28.1 Å². The van der Waals surface area contributed by atoms with E-state index in [2.05, 4.69) is 15.1 Å². The van der Waals surface area contributed by atoms with E-state index < -0.39 is 11.4 Å². The maximum Gasteiger partial charge on any atom is 0.278 e. The van der Waals surface area contributed by atoms with Gasteiger partial charge in [-0.05, 0) is 39.0 Å². The maximum atomic E-state index is 14.0. The molecule has 0 aliphatic rings. The molecule has 30 heavy (non-hydrogen) atoms. The van der Waals surface area contributed by atoms with E-state index in [-0.39, 0.29) is 41.1 Å². The fraction of sp³-hybridized carbons (Fsp3) is 0.400. The molecule has 0 aliphatic carbocycles. The van der Waals surface area contributed by atoms with Crippen molar-refractivity contribution in [3.05, 3.63) is 46.6 Å². The van der Waals surface area contributed by atoms with Crippen molar-refractivity contribution in [2.75, 3.05) is 20.8 Å². The SMILES string of the molecule is COCC(C)n1c(=O)c2c(-c3noc(C(C)(C)OC)n3)ncn2c2ccc(F)cc21. The van der Waals surface area contributed by atoms with Gasteiger partial charge in [0, 0.05) is 14.2 Å². The van der Waals surface area contributed by atoms with E-state index in [1.807, 2.05) is 6.92 Å². The van der Waals surface area contributed by atoms with Crippen LogP contribution in [0.5, 0.6) is 0 Å². The number of nitrogens with zero attached hydrogens (tertiary/aromatic N) is 5. The number of rotatable bonds is 6. The number of hydrogen-bond donors (Lipinski definition) is 0. The van der Waals surface area contributed by atoms with Crippen LogP contribution in [0, 0.1) is 5.82 Å². The van der Waals surface area contributed by atoms with E-state index >= 15 is 0 Å². The van der Waals surface area contributed by atoms with E-state index in [0.29, 0.717) is 11.0 Å². The van der Waals surface area contributed by atoms with Crippen LogP contribution >= 0.6 is 0 Å². The topological polar surface area (TPSA) is 96.7 Å². The molecular weight excluding hydrogens is 393 g/mol. The molecule has 3 aromatic heterocycles. The highest BCUT2D eigenvalue weighted by Gasteiger charge is 2.29. The summed E-state index contributed by atoms with van der Waals surface area (Å²) in [6.45, 7) is 5.68. The van der Waals surface area contributed by atoms with E-state index in [0.717, 1.165) is 0 Å². The fourth-order valence-corrected chi connectivity index (χ4v) is 3.42. The lowest BCUT2D eigenvalue weighted by Crippen LogP contribution is -2.28. The first-order chi connectivity index (χ1) is 14.3. The number of benzene rings is 1. The Morgan fingerprint density at radius 3 is 2.73 bits per heavy atom. The average Bonchev–Trinajstić information content (AvgIpc) is 3.36. The van der Waals surface area contributed by atoms with Crippen LogP contribution in [0.3, 0.4) is 0 Å². The summed E-state index contributed by atoms with van der Waals surface area (Å²) in [4.78, 5) is 22.2. The van der Waals surface area contributed by atoms with Crippen LogP contribution in [0.1, 0.15) is 32.7 Å². The number of aromatic nitrogens is 5. The summed E-state index contributed by atoms with van der Waals surface area (Å²) in [5.41, 5.74) is 0.440. The third-order valence-corrected chi connectivity index (χ3v) is 5.16. The highest BCUT2D eigenvalue weighted by molar-refractivity contribution is 5.83. The van der Waals surface area contributed by atoms with Crippen molar-refractivity contribution in [2.45, 2.75) is 32.4 Å². The number of ether oxygens (including phenoxy) is 2. The van der Waals surface area contributed by atoms with E-state index in [9.17, 15) is 9.18 Å². The van der Waals surface area contributed by atoms with Gasteiger partial charge < -0.3 is 14.0 Å². The summed E-state index contributed by atoms with van der Waals surface area (Å²) in [5.74, 6) is -0.0104. The summed E-state index contributed by atoms with van der Waals surface area (Å²) >= 11 is 0. The van der Waals surface area contributed by atoms with Gasteiger partial charge in [0.1, 0.15) is 29.0 Å². The summed E-state index contributed by atoms with van der Waals surface area (Å²) in [6.07, 6.45) is 1.50. The quantitative estimate of drug-likeness (QED) is 0.478. The number of methoxy groups -OCH3 is 2. The lowest BCUT2D eigenvalue weighted by molar-refractivity contribution is -0.00786. The van der Waals surface area contributed by atoms with E-state index in [4.69, 9.17) is 14.0 Å². The first kappa shape index (κ1) is 20.2. The molecule has 1 aromatic carbocycles. The third-order valence-electron chi connectivity index (χ3n) is 5.16. The number of imidazole rings is 1. The van der Waals surface area contributed by atoms with Crippen molar-refractivity contribution < 1.29 is 18.4 Å². The van der Waals surface area contributed by atoms with E-state index in [1.165, 1.54) is 30.1 Å². The zero-order valence-electron chi connectivity index (χ0n) is 17.3. The van der Waals surface area contributed by atoms with Gasteiger partial charge in [0.15, 0.2) is 0 Å². The van der Waals surface area contributed by atoms with Crippen molar-refractivity contribution in [3.63, 3.8) is 0 Å². The molecule has 10 heteroatoms. The molecule has 0 fully saturated rings. The molecule has 0 spiro atoms. The minimum Gasteiger partial charge on any atom is -0.383 e. The lowest BCUT2D eigenvalue weighted by Gasteiger charge is -2.18. The Morgan fingerprint density at radius 1 is 1.27 bits per heavy atom. The van der Waals surface area contributed by atoms with Crippen LogP contribution < -0.4 is 5.56 Å². The predicted octanol–water partition coefficient (Wildman–Crippen LogP) is 2.93. The second kappa shape index (κ2) is 7.29. The van der Waals surface area contributed by atoms with Crippen LogP contribution in [-0.4, -0.2) is 44.9 Å². The average molecular weight is 415 g/mol. The van der Waals surface area contributed by atoms with Crippen molar-refractivity contribution in [1.29, 1.82) is 0 Å². The largest absolute Gasteiger partial charge is 0.383 e. The van der Waals surface area contributed by atoms with E-state index in [1.54, 1.807) is 31.4 Å². The van der Waals surface area contributed by atoms with Crippen molar-refractivity contribution >= 4 is 16.6 Å². The van der Waals surface area contributed by atoms with Crippen molar-refractivity contribution in [1.82, 2.24) is 24.1 Å². The highest BCUT2D eigenvalue weighted by Crippen LogP contribution is 2.27. The Balaban J connectivity index is 2.02. The molecule has 0 bridgehead atoms. The molecule has 0 N–H and O–H groups in total. The molecule has 1 atom stereocenters. The maximum absolute atomic E-state index is 14.0. The van der Waals surface area contributed by atoms with Crippen LogP contribution in [0.15, 0.2) is 33.8 Å². The Kier molecular flexibility index (Phi) is 4.91. The second-order valence-electron chi connectivity index (χ2n) is 7.56. The lowest BCUT2D eigenvalue weighted by atomic mass is 10.1. The number of fused-ring (bicyclic) bond motifs is 3. The van der Waals surface area contributed by atoms with Crippen LogP contribution in [-0.2, 0) is 15.1 Å². The number of hydrogen-bond acceptors (Lipinski definition) is 7. The molecule has 3 heterocycles. The predicted molar refractivity (Wildman–Crippen MR) is 107 cm³/mol. The molecule has 158 valence electrons. The first-order valence-electron chi connectivity index (χ1n) is 9.38. The van der Waals surface area contributed by atoms with Crippen LogP contribution in [0.4, 0.5) is 4.39 Å². The number of halogens is 1.